The van der Waals surface area contributed by atoms with Gasteiger partial charge in [0.2, 0.25) is 0 Å². The Labute approximate surface area is 162 Å². The van der Waals surface area contributed by atoms with Crippen molar-refractivity contribution in [3.05, 3.63) is 102 Å². The van der Waals surface area contributed by atoms with E-state index in [9.17, 15) is 0 Å². The third-order valence-corrected chi connectivity index (χ3v) is 5.21. The van der Waals surface area contributed by atoms with Crippen LogP contribution in [0.3, 0.4) is 0 Å². The highest BCUT2D eigenvalue weighted by molar-refractivity contribution is 5.62. The number of aryl methyl sites for hydroxylation is 2. The molecule has 0 amide bonds. The third-order valence-electron chi connectivity index (χ3n) is 5.21. The molecule has 1 aliphatic rings. The Morgan fingerprint density at radius 2 is 1.15 bits per heavy atom. The van der Waals surface area contributed by atoms with E-state index in [-0.39, 0.29) is 6.17 Å². The van der Waals surface area contributed by atoms with Crippen LogP contribution in [0, 0.1) is 13.8 Å². The lowest BCUT2D eigenvalue weighted by molar-refractivity contribution is 0.803. The summed E-state index contributed by atoms with van der Waals surface area (Å²) in [6, 6.07) is 28.3. The minimum absolute atomic E-state index is 0.204. The van der Waals surface area contributed by atoms with Gasteiger partial charge in [-0.2, -0.15) is 0 Å². The van der Waals surface area contributed by atoms with Gasteiger partial charge in [-0.25, -0.2) is 0 Å². The Hall–Kier alpha value is -3.00. The molecule has 0 unspecified atom stereocenters. The van der Waals surface area contributed by atoms with Crippen molar-refractivity contribution < 1.29 is 0 Å². The smallest absolute Gasteiger partial charge is 0.121 e. The number of hydrogen-bond donors (Lipinski definition) is 0. The van der Waals surface area contributed by atoms with E-state index in [2.05, 4.69) is 115 Å². The Morgan fingerprint density at radius 3 is 1.63 bits per heavy atom. The van der Waals surface area contributed by atoms with Gasteiger partial charge >= 0.3 is 0 Å². The fraction of sp³-hybridized carbons (Fsp3) is 0.200. The molecule has 0 bridgehead atoms. The zero-order valence-electron chi connectivity index (χ0n) is 16.0. The largest absolute Gasteiger partial charge is 0.346 e. The summed E-state index contributed by atoms with van der Waals surface area (Å²) in [5.41, 5.74) is 6.38. The molecule has 3 aromatic carbocycles. The first-order valence-electron chi connectivity index (χ1n) is 9.60. The van der Waals surface area contributed by atoms with E-state index >= 15 is 0 Å². The second-order valence-electron chi connectivity index (χ2n) is 7.24. The van der Waals surface area contributed by atoms with Crippen LogP contribution in [0.25, 0.3) is 6.08 Å². The molecule has 0 saturated carbocycles. The molecular formula is C25H26N2. The van der Waals surface area contributed by atoms with Crippen LogP contribution in [0.4, 0.5) is 11.4 Å². The van der Waals surface area contributed by atoms with Crippen molar-refractivity contribution in [1.82, 2.24) is 0 Å². The van der Waals surface area contributed by atoms with Gasteiger partial charge in [-0.3, -0.25) is 0 Å². The maximum Gasteiger partial charge on any atom is 0.121 e. The second-order valence-corrected chi connectivity index (χ2v) is 7.24. The van der Waals surface area contributed by atoms with Gasteiger partial charge in [0, 0.05) is 24.5 Å². The van der Waals surface area contributed by atoms with Crippen molar-refractivity contribution in [3.8, 4) is 0 Å². The lowest BCUT2D eigenvalue weighted by Crippen LogP contribution is -2.37. The molecule has 4 rings (SSSR count). The fourth-order valence-corrected chi connectivity index (χ4v) is 3.65. The molecule has 1 fully saturated rings. The summed E-state index contributed by atoms with van der Waals surface area (Å²) in [5.74, 6) is 0. The van der Waals surface area contributed by atoms with Crippen molar-refractivity contribution in [2.45, 2.75) is 20.0 Å². The maximum absolute atomic E-state index is 2.48. The van der Waals surface area contributed by atoms with Gasteiger partial charge in [-0.15, -0.1) is 0 Å². The highest BCUT2D eigenvalue weighted by Crippen LogP contribution is 2.30. The minimum Gasteiger partial charge on any atom is -0.346 e. The van der Waals surface area contributed by atoms with Crippen molar-refractivity contribution in [1.29, 1.82) is 0 Å². The molecule has 1 saturated heterocycles. The summed E-state index contributed by atoms with van der Waals surface area (Å²) in [5, 5.41) is 0. The predicted molar refractivity (Wildman–Crippen MR) is 116 cm³/mol. The molecule has 136 valence electrons. The van der Waals surface area contributed by atoms with Crippen LogP contribution in [0.5, 0.6) is 0 Å². The molecule has 3 aromatic rings. The average molecular weight is 354 g/mol. The number of rotatable bonds is 4. The lowest BCUT2D eigenvalue weighted by Gasteiger charge is -2.31. The van der Waals surface area contributed by atoms with Crippen LogP contribution >= 0.6 is 0 Å². The summed E-state index contributed by atoms with van der Waals surface area (Å²) in [6.45, 7) is 6.31. The van der Waals surface area contributed by atoms with Gasteiger partial charge in [0.25, 0.3) is 0 Å². The first-order valence-corrected chi connectivity index (χ1v) is 9.60. The topological polar surface area (TPSA) is 6.48 Å². The Kier molecular flexibility index (Phi) is 4.97. The zero-order valence-corrected chi connectivity index (χ0v) is 16.0. The quantitative estimate of drug-likeness (QED) is 0.595. The first-order chi connectivity index (χ1) is 13.2. The van der Waals surface area contributed by atoms with Crippen LogP contribution < -0.4 is 9.80 Å². The minimum atomic E-state index is 0.204. The Bertz CT molecular complexity index is 842. The van der Waals surface area contributed by atoms with Crippen LogP contribution in [0.1, 0.15) is 16.7 Å². The molecule has 0 aliphatic carbocycles. The molecule has 0 radical (unpaired) electrons. The molecular weight excluding hydrogens is 328 g/mol. The van der Waals surface area contributed by atoms with Crippen molar-refractivity contribution >= 4 is 17.5 Å². The summed E-state index contributed by atoms with van der Waals surface area (Å²) in [4.78, 5) is 4.97. The lowest BCUT2D eigenvalue weighted by atomic mass is 10.1. The van der Waals surface area contributed by atoms with Crippen molar-refractivity contribution in [2.24, 2.45) is 0 Å². The van der Waals surface area contributed by atoms with Gasteiger partial charge < -0.3 is 9.80 Å². The van der Waals surface area contributed by atoms with E-state index < -0.39 is 0 Å². The van der Waals surface area contributed by atoms with Gasteiger partial charge in [-0.1, -0.05) is 71.8 Å². The normalized spacial score (nSPS) is 15.0. The van der Waals surface area contributed by atoms with Gasteiger partial charge in [-0.05, 0) is 49.8 Å². The molecule has 2 heteroatoms. The summed E-state index contributed by atoms with van der Waals surface area (Å²) >= 11 is 0. The highest BCUT2D eigenvalue weighted by atomic mass is 15.4. The first kappa shape index (κ1) is 17.4. The molecule has 2 nitrogen and oxygen atoms in total. The van der Waals surface area contributed by atoms with Crippen LogP contribution in [-0.2, 0) is 0 Å². The molecule has 0 spiro atoms. The van der Waals surface area contributed by atoms with E-state index in [4.69, 9.17) is 0 Å². The molecule has 1 heterocycles. The monoisotopic (exact) mass is 354 g/mol. The molecule has 27 heavy (non-hydrogen) atoms. The molecule has 0 atom stereocenters. The van der Waals surface area contributed by atoms with E-state index in [0.29, 0.717) is 0 Å². The fourth-order valence-electron chi connectivity index (χ4n) is 3.65. The van der Waals surface area contributed by atoms with Gasteiger partial charge in [0.15, 0.2) is 0 Å². The maximum atomic E-state index is 2.48. The van der Waals surface area contributed by atoms with Gasteiger partial charge in [0.05, 0.1) is 0 Å². The Balaban J connectivity index is 1.67. The zero-order chi connectivity index (χ0) is 18.6. The SMILES string of the molecule is Cc1ccc(N2CCN(c3ccc(C)cc3)C2/C=C/c2ccccc2)cc1. The number of anilines is 2. The van der Waals surface area contributed by atoms with E-state index in [1.54, 1.807) is 0 Å². The highest BCUT2D eigenvalue weighted by Gasteiger charge is 2.30. The standard InChI is InChI=1S/C25H26N2/c1-20-8-13-23(14-9-20)26-18-19-27(24-15-10-21(2)11-16-24)25(26)17-12-22-6-4-3-5-7-22/h3-17,25H,18-19H2,1-2H3/b17-12+. The van der Waals surface area contributed by atoms with Crippen LogP contribution in [-0.4, -0.2) is 19.3 Å². The molecule has 0 N–H and O–H groups in total. The third kappa shape index (κ3) is 3.90. The average Bonchev–Trinajstić information content (AvgIpc) is 3.12. The summed E-state index contributed by atoms with van der Waals surface area (Å²) in [7, 11) is 0. The summed E-state index contributed by atoms with van der Waals surface area (Å²) < 4.78 is 0. The van der Waals surface area contributed by atoms with Crippen molar-refractivity contribution in [2.75, 3.05) is 22.9 Å². The molecule has 1 aliphatic heterocycles. The van der Waals surface area contributed by atoms with E-state index in [1.807, 2.05) is 0 Å². The van der Waals surface area contributed by atoms with Gasteiger partial charge in [0.1, 0.15) is 6.17 Å². The predicted octanol–water partition coefficient (Wildman–Crippen LogP) is 5.67. The second kappa shape index (κ2) is 7.71. The molecule has 0 aromatic heterocycles. The number of nitrogens with zero attached hydrogens (tertiary/aromatic N) is 2. The number of benzene rings is 3. The Morgan fingerprint density at radius 1 is 0.667 bits per heavy atom. The van der Waals surface area contributed by atoms with E-state index in [0.717, 1.165) is 13.1 Å². The number of hydrogen-bond acceptors (Lipinski definition) is 2. The van der Waals surface area contributed by atoms with E-state index in [1.165, 1.54) is 28.1 Å². The van der Waals surface area contributed by atoms with Crippen LogP contribution in [0.2, 0.25) is 0 Å². The summed E-state index contributed by atoms with van der Waals surface area (Å²) in [6.07, 6.45) is 4.76. The van der Waals surface area contributed by atoms with Crippen molar-refractivity contribution in [3.63, 3.8) is 0 Å². The van der Waals surface area contributed by atoms with Crippen LogP contribution in [0.15, 0.2) is 84.9 Å².